The maximum absolute atomic E-state index is 4.06. The molecule has 0 aromatic rings. The average Bonchev–Trinajstić information content (AvgIpc) is 2.09. The first kappa shape index (κ1) is 13.4. The van der Waals surface area contributed by atoms with Gasteiger partial charge in [-0.05, 0) is 25.9 Å². The van der Waals surface area contributed by atoms with Crippen LogP contribution in [0.25, 0.3) is 0 Å². The molecule has 0 aliphatic heterocycles. The van der Waals surface area contributed by atoms with E-state index in [1.807, 2.05) is 0 Å². The molecule has 0 saturated heterocycles. The number of rotatable bonds is 9. The number of unbranched alkanes of at least 4 members (excludes halogenated alkanes) is 7. The van der Waals surface area contributed by atoms with Crippen molar-refractivity contribution >= 4 is 7.92 Å². The molecule has 1 atom stereocenters. The molecule has 0 rings (SSSR count). The van der Waals surface area contributed by atoms with Crippen molar-refractivity contribution in [2.24, 2.45) is 0 Å². The lowest BCUT2D eigenvalue weighted by Crippen LogP contribution is -1.83. The topological polar surface area (TPSA) is 0 Å². The van der Waals surface area contributed by atoms with Gasteiger partial charge in [-0.3, -0.25) is 0 Å². The molecule has 0 N–H and O–H groups in total. The number of hydrogen-bond donors (Lipinski definition) is 0. The van der Waals surface area contributed by atoms with Gasteiger partial charge in [-0.2, -0.15) is 0 Å². The molecule has 0 fully saturated rings. The van der Waals surface area contributed by atoms with E-state index >= 15 is 0 Å². The molecule has 0 heterocycles. The van der Waals surface area contributed by atoms with Crippen LogP contribution in [0.3, 0.4) is 0 Å². The van der Waals surface area contributed by atoms with Crippen LogP contribution >= 0.6 is 7.92 Å². The van der Waals surface area contributed by atoms with E-state index in [1.165, 1.54) is 57.5 Å². The maximum atomic E-state index is 4.06. The summed E-state index contributed by atoms with van der Waals surface area (Å²) in [7, 11) is 0.119. The Morgan fingerprint density at radius 1 is 0.846 bits per heavy atom. The van der Waals surface area contributed by atoms with E-state index in [9.17, 15) is 0 Å². The quantitative estimate of drug-likeness (QED) is 0.362. The third-order valence-corrected chi connectivity index (χ3v) is 3.47. The third kappa shape index (κ3) is 12.4. The second-order valence-corrected chi connectivity index (χ2v) is 6.21. The zero-order valence-corrected chi connectivity index (χ0v) is 10.4. The monoisotopic (exact) mass is 201 g/mol. The van der Waals surface area contributed by atoms with Crippen molar-refractivity contribution in [2.75, 3.05) is 12.8 Å². The molecule has 0 bridgehead atoms. The first-order valence-electron chi connectivity index (χ1n) is 5.79. The molecule has 0 amide bonds. The fourth-order valence-electron chi connectivity index (χ4n) is 1.52. The Labute approximate surface area is 86.3 Å². The second-order valence-electron chi connectivity index (χ2n) is 4.05. The van der Waals surface area contributed by atoms with Crippen molar-refractivity contribution < 1.29 is 0 Å². The van der Waals surface area contributed by atoms with Crippen molar-refractivity contribution in [3.05, 3.63) is 6.66 Å². The van der Waals surface area contributed by atoms with Gasteiger partial charge in [-0.25, -0.2) is 0 Å². The summed E-state index contributed by atoms with van der Waals surface area (Å²) < 4.78 is 0. The molecule has 0 spiro atoms. The van der Waals surface area contributed by atoms with Crippen LogP contribution in [0.5, 0.6) is 0 Å². The Balaban J connectivity index is 2.84. The van der Waals surface area contributed by atoms with Crippen LogP contribution in [0.4, 0.5) is 0 Å². The van der Waals surface area contributed by atoms with E-state index in [-0.39, 0.29) is 7.92 Å². The van der Waals surface area contributed by atoms with Crippen LogP contribution in [0.1, 0.15) is 58.3 Å². The summed E-state index contributed by atoms with van der Waals surface area (Å²) in [6.07, 6.45) is 12.8. The van der Waals surface area contributed by atoms with E-state index in [4.69, 9.17) is 0 Å². The molecular weight excluding hydrogens is 175 g/mol. The summed E-state index contributed by atoms with van der Waals surface area (Å²) in [5.74, 6) is 0. The highest BCUT2D eigenvalue weighted by molar-refractivity contribution is 7.58. The van der Waals surface area contributed by atoms with Gasteiger partial charge in [-0.1, -0.05) is 51.9 Å². The maximum Gasteiger partial charge on any atom is -0.0289 e. The standard InChI is InChI=1S/C12H26P/c1-4-5-6-7-8-9-10-11-12-13(2)3/h2,4-12H2,1,3H3. The lowest BCUT2D eigenvalue weighted by Gasteiger charge is -2.04. The van der Waals surface area contributed by atoms with Crippen LogP contribution in [-0.4, -0.2) is 12.8 Å². The number of hydrogen-bond acceptors (Lipinski definition) is 0. The lowest BCUT2D eigenvalue weighted by atomic mass is 10.1. The Morgan fingerprint density at radius 3 is 1.77 bits per heavy atom. The van der Waals surface area contributed by atoms with Gasteiger partial charge in [0.25, 0.3) is 0 Å². The molecule has 13 heavy (non-hydrogen) atoms. The zero-order chi connectivity index (χ0) is 9.94. The average molecular weight is 201 g/mol. The van der Waals surface area contributed by atoms with Gasteiger partial charge in [0, 0.05) is 0 Å². The summed E-state index contributed by atoms with van der Waals surface area (Å²) in [5, 5.41) is 0. The molecule has 0 aliphatic rings. The predicted molar refractivity (Wildman–Crippen MR) is 65.7 cm³/mol. The fraction of sp³-hybridized carbons (Fsp3) is 0.917. The Kier molecular flexibility index (Phi) is 10.9. The normalized spacial score (nSPS) is 11.1. The smallest absolute Gasteiger partial charge is 0.0289 e. The largest absolute Gasteiger partial charge is 0.110 e. The molecule has 0 saturated carbocycles. The second kappa shape index (κ2) is 10.5. The first-order chi connectivity index (χ1) is 6.27. The van der Waals surface area contributed by atoms with Crippen LogP contribution in [0.2, 0.25) is 0 Å². The highest BCUT2D eigenvalue weighted by Crippen LogP contribution is 2.28. The summed E-state index contributed by atoms with van der Waals surface area (Å²) in [6.45, 7) is 8.61. The predicted octanol–water partition coefficient (Wildman–Crippen LogP) is 5.03. The van der Waals surface area contributed by atoms with E-state index in [0.29, 0.717) is 0 Å². The first-order valence-corrected chi connectivity index (χ1v) is 7.95. The van der Waals surface area contributed by atoms with Crippen molar-refractivity contribution in [1.29, 1.82) is 0 Å². The van der Waals surface area contributed by atoms with E-state index in [2.05, 4.69) is 20.3 Å². The molecule has 0 nitrogen and oxygen atoms in total. The lowest BCUT2D eigenvalue weighted by molar-refractivity contribution is 0.586. The highest BCUT2D eigenvalue weighted by Gasteiger charge is 1.93. The molecule has 0 aliphatic carbocycles. The van der Waals surface area contributed by atoms with E-state index in [0.717, 1.165) is 0 Å². The molecule has 1 heteroatoms. The van der Waals surface area contributed by atoms with Crippen LogP contribution in [-0.2, 0) is 0 Å². The van der Waals surface area contributed by atoms with Crippen LogP contribution in [0, 0.1) is 6.66 Å². The van der Waals surface area contributed by atoms with Crippen molar-refractivity contribution in [3.63, 3.8) is 0 Å². The minimum absolute atomic E-state index is 0.119. The Bertz CT molecular complexity index is 89.1. The molecule has 0 aromatic carbocycles. The molecule has 0 aromatic heterocycles. The Morgan fingerprint density at radius 2 is 1.31 bits per heavy atom. The molecule has 1 radical (unpaired) electrons. The van der Waals surface area contributed by atoms with E-state index in [1.54, 1.807) is 0 Å². The minimum Gasteiger partial charge on any atom is -0.110 e. The van der Waals surface area contributed by atoms with Crippen LogP contribution in [0.15, 0.2) is 0 Å². The van der Waals surface area contributed by atoms with Gasteiger partial charge in [0.15, 0.2) is 0 Å². The highest BCUT2D eigenvalue weighted by atomic mass is 31.1. The van der Waals surface area contributed by atoms with Crippen molar-refractivity contribution in [3.8, 4) is 0 Å². The minimum atomic E-state index is 0.119. The SMILES string of the molecule is [CH2]P(C)CCCCCCCCCC. The Hall–Kier alpha value is 0.430. The summed E-state index contributed by atoms with van der Waals surface area (Å²) in [6, 6.07) is 0. The fourth-order valence-corrected chi connectivity index (χ4v) is 2.28. The molecular formula is C12H26P. The van der Waals surface area contributed by atoms with Gasteiger partial charge in [0.1, 0.15) is 0 Å². The van der Waals surface area contributed by atoms with Crippen molar-refractivity contribution in [2.45, 2.75) is 58.3 Å². The van der Waals surface area contributed by atoms with Crippen LogP contribution < -0.4 is 0 Å². The van der Waals surface area contributed by atoms with Crippen molar-refractivity contribution in [1.82, 2.24) is 0 Å². The van der Waals surface area contributed by atoms with Gasteiger partial charge < -0.3 is 0 Å². The summed E-state index contributed by atoms with van der Waals surface area (Å²) >= 11 is 0. The third-order valence-electron chi connectivity index (χ3n) is 2.39. The summed E-state index contributed by atoms with van der Waals surface area (Å²) in [5.41, 5.74) is 0. The molecule has 1 unspecified atom stereocenters. The van der Waals surface area contributed by atoms with E-state index < -0.39 is 0 Å². The summed E-state index contributed by atoms with van der Waals surface area (Å²) in [4.78, 5) is 0. The zero-order valence-electron chi connectivity index (χ0n) is 9.52. The van der Waals surface area contributed by atoms with Gasteiger partial charge in [-0.15, -0.1) is 7.92 Å². The van der Waals surface area contributed by atoms with Gasteiger partial charge in [0.2, 0.25) is 0 Å². The molecule has 79 valence electrons. The van der Waals surface area contributed by atoms with Gasteiger partial charge in [0.05, 0.1) is 0 Å². The van der Waals surface area contributed by atoms with Gasteiger partial charge >= 0.3 is 0 Å².